The second kappa shape index (κ2) is 5.52. The van der Waals surface area contributed by atoms with Crippen molar-refractivity contribution >= 4 is 11.9 Å². The average Bonchev–Trinajstić information content (AvgIpc) is 1.98. The van der Waals surface area contributed by atoms with Crippen molar-refractivity contribution in [3.63, 3.8) is 0 Å². The molecule has 0 rings (SSSR count). The summed E-state index contributed by atoms with van der Waals surface area (Å²) in [4.78, 5) is 21.3. The van der Waals surface area contributed by atoms with Crippen LogP contribution in [-0.4, -0.2) is 11.9 Å². The summed E-state index contributed by atoms with van der Waals surface area (Å²) in [5, 5.41) is 0. The Kier molecular flexibility index (Phi) is 5.00. The van der Waals surface area contributed by atoms with Gasteiger partial charge < -0.3 is 4.74 Å². The lowest BCUT2D eigenvalue weighted by Gasteiger charge is -2.01. The lowest BCUT2D eigenvalue weighted by molar-refractivity contribution is -0.155. The van der Waals surface area contributed by atoms with Gasteiger partial charge in [-0.25, -0.2) is 4.79 Å². The zero-order valence-corrected chi connectivity index (χ0v) is 7.55. The molecule has 0 aliphatic heterocycles. The first-order valence-electron chi connectivity index (χ1n) is 3.98. The van der Waals surface area contributed by atoms with Crippen LogP contribution in [0.3, 0.4) is 0 Å². The van der Waals surface area contributed by atoms with Crippen LogP contribution in [0.25, 0.3) is 0 Å². The third-order valence-electron chi connectivity index (χ3n) is 1.36. The maximum Gasteiger partial charge on any atom is 0.341 e. The lowest BCUT2D eigenvalue weighted by Crippen LogP contribution is -2.10. The number of ether oxygens (including phenoxy) is 1. The van der Waals surface area contributed by atoms with Gasteiger partial charge in [0, 0.05) is 12.5 Å². The molecule has 0 atom stereocenters. The van der Waals surface area contributed by atoms with Gasteiger partial charge in [0.15, 0.2) is 0 Å². The van der Waals surface area contributed by atoms with Gasteiger partial charge in [0.05, 0.1) is 0 Å². The van der Waals surface area contributed by atoms with Crippen molar-refractivity contribution < 1.29 is 14.3 Å². The van der Waals surface area contributed by atoms with Gasteiger partial charge in [-0.1, -0.05) is 19.9 Å². The van der Waals surface area contributed by atoms with Crippen molar-refractivity contribution in [3.05, 3.63) is 12.2 Å². The quantitative estimate of drug-likeness (QED) is 0.367. The molecule has 0 saturated heterocycles. The Morgan fingerprint density at radius 1 is 1.42 bits per heavy atom. The lowest BCUT2D eigenvalue weighted by atomic mass is 10.1. The van der Waals surface area contributed by atoms with E-state index >= 15 is 0 Å². The van der Waals surface area contributed by atoms with Crippen LogP contribution in [0.5, 0.6) is 0 Å². The molecule has 0 heterocycles. The van der Waals surface area contributed by atoms with Crippen LogP contribution in [0.1, 0.15) is 33.1 Å². The summed E-state index contributed by atoms with van der Waals surface area (Å²) >= 11 is 0. The fraction of sp³-hybridized carbons (Fsp3) is 0.556. The van der Waals surface area contributed by atoms with Crippen molar-refractivity contribution in [2.45, 2.75) is 33.1 Å². The number of esters is 2. The molecule has 12 heavy (non-hydrogen) atoms. The Morgan fingerprint density at radius 3 is 2.42 bits per heavy atom. The van der Waals surface area contributed by atoms with E-state index in [-0.39, 0.29) is 0 Å². The largest absolute Gasteiger partial charge is 0.390 e. The summed E-state index contributed by atoms with van der Waals surface area (Å²) < 4.78 is 4.33. The van der Waals surface area contributed by atoms with E-state index in [9.17, 15) is 9.59 Å². The molecule has 0 saturated carbocycles. The van der Waals surface area contributed by atoms with Gasteiger partial charge in [0.25, 0.3) is 0 Å². The van der Waals surface area contributed by atoms with Crippen LogP contribution in [-0.2, 0) is 14.3 Å². The van der Waals surface area contributed by atoms with Crippen LogP contribution in [0.2, 0.25) is 0 Å². The summed E-state index contributed by atoms with van der Waals surface area (Å²) in [5.41, 5.74) is 0.368. The second-order valence-corrected chi connectivity index (χ2v) is 2.59. The maximum atomic E-state index is 10.9. The van der Waals surface area contributed by atoms with Crippen molar-refractivity contribution in [2.24, 2.45) is 0 Å². The third-order valence-corrected chi connectivity index (χ3v) is 1.36. The monoisotopic (exact) mass is 170 g/mol. The zero-order valence-electron chi connectivity index (χ0n) is 7.55. The molecule has 0 N–H and O–H groups in total. The highest BCUT2D eigenvalue weighted by atomic mass is 16.6. The molecule has 0 aliphatic carbocycles. The highest BCUT2D eigenvalue weighted by Crippen LogP contribution is 2.06. The molecule has 0 spiro atoms. The first-order valence-corrected chi connectivity index (χ1v) is 3.98. The minimum Gasteiger partial charge on any atom is -0.390 e. The van der Waals surface area contributed by atoms with Gasteiger partial charge in [0.2, 0.25) is 0 Å². The Balaban J connectivity index is 3.77. The molecule has 0 bridgehead atoms. The molecule has 0 aromatic carbocycles. The normalized spacial score (nSPS) is 9.17. The molecule has 0 amide bonds. The number of unbranched alkanes of at least 4 members (excludes halogenated alkanes) is 1. The van der Waals surface area contributed by atoms with Crippen molar-refractivity contribution in [1.29, 1.82) is 0 Å². The van der Waals surface area contributed by atoms with E-state index in [1.807, 2.05) is 6.92 Å². The third kappa shape index (κ3) is 4.66. The fourth-order valence-corrected chi connectivity index (χ4v) is 0.695. The van der Waals surface area contributed by atoms with Crippen LogP contribution >= 0.6 is 0 Å². The highest BCUT2D eigenvalue weighted by Gasteiger charge is 2.09. The minimum absolute atomic E-state index is 0.368. The van der Waals surface area contributed by atoms with Gasteiger partial charge in [0.1, 0.15) is 0 Å². The van der Waals surface area contributed by atoms with E-state index in [0.717, 1.165) is 12.8 Å². The Morgan fingerprint density at radius 2 is 2.00 bits per heavy atom. The molecule has 3 heteroatoms. The number of carbonyl (C=O) groups excluding carboxylic acids is 2. The molecule has 0 aliphatic rings. The van der Waals surface area contributed by atoms with Gasteiger partial charge in [-0.2, -0.15) is 0 Å². The van der Waals surface area contributed by atoms with Crippen molar-refractivity contribution in [1.82, 2.24) is 0 Å². The SMILES string of the molecule is C=C(CCCC)C(=O)OC(C)=O. The molecule has 68 valence electrons. The molecule has 0 aromatic rings. The fourth-order valence-electron chi connectivity index (χ4n) is 0.695. The molecular formula is C9H14O3. The van der Waals surface area contributed by atoms with Crippen LogP contribution in [0, 0.1) is 0 Å². The number of carbonyl (C=O) groups is 2. The smallest absolute Gasteiger partial charge is 0.341 e. The topological polar surface area (TPSA) is 43.4 Å². The van der Waals surface area contributed by atoms with Gasteiger partial charge in [-0.15, -0.1) is 0 Å². The van der Waals surface area contributed by atoms with Crippen LogP contribution < -0.4 is 0 Å². The van der Waals surface area contributed by atoms with E-state index in [2.05, 4.69) is 11.3 Å². The summed E-state index contributed by atoms with van der Waals surface area (Å²) in [6.07, 6.45) is 2.49. The summed E-state index contributed by atoms with van der Waals surface area (Å²) in [5.74, 6) is -1.19. The van der Waals surface area contributed by atoms with Gasteiger partial charge in [-0.3, -0.25) is 4.79 Å². The zero-order chi connectivity index (χ0) is 9.56. The predicted octanol–water partition coefficient (Wildman–Crippen LogP) is 1.82. The Hall–Kier alpha value is -1.12. The predicted molar refractivity (Wildman–Crippen MR) is 45.4 cm³/mol. The minimum atomic E-state index is -0.601. The molecular weight excluding hydrogens is 156 g/mol. The van der Waals surface area contributed by atoms with E-state index in [4.69, 9.17) is 0 Å². The Bertz CT molecular complexity index is 194. The summed E-state index contributed by atoms with van der Waals surface area (Å²) in [7, 11) is 0. The second-order valence-electron chi connectivity index (χ2n) is 2.59. The molecule has 0 aromatic heterocycles. The van der Waals surface area contributed by atoms with Crippen LogP contribution in [0.15, 0.2) is 12.2 Å². The summed E-state index contributed by atoms with van der Waals surface area (Å²) in [6.45, 7) is 6.74. The first-order chi connectivity index (χ1) is 5.57. The highest BCUT2D eigenvalue weighted by molar-refractivity contribution is 5.95. The van der Waals surface area contributed by atoms with Crippen LogP contribution in [0.4, 0.5) is 0 Å². The maximum absolute atomic E-state index is 10.9. The molecule has 0 fully saturated rings. The number of hydrogen-bond donors (Lipinski definition) is 0. The van der Waals surface area contributed by atoms with E-state index in [0.29, 0.717) is 12.0 Å². The van der Waals surface area contributed by atoms with Gasteiger partial charge in [-0.05, 0) is 12.8 Å². The van der Waals surface area contributed by atoms with E-state index in [1.165, 1.54) is 6.92 Å². The molecule has 0 unspecified atom stereocenters. The molecule has 0 radical (unpaired) electrons. The number of hydrogen-bond acceptors (Lipinski definition) is 3. The summed E-state index contributed by atoms with van der Waals surface area (Å²) in [6, 6.07) is 0. The van der Waals surface area contributed by atoms with Crippen molar-refractivity contribution in [2.75, 3.05) is 0 Å². The molecule has 3 nitrogen and oxygen atoms in total. The average molecular weight is 170 g/mol. The first kappa shape index (κ1) is 10.9. The Labute approximate surface area is 72.4 Å². The van der Waals surface area contributed by atoms with Crippen molar-refractivity contribution in [3.8, 4) is 0 Å². The van der Waals surface area contributed by atoms with Gasteiger partial charge >= 0.3 is 11.9 Å². The number of rotatable bonds is 4. The van der Waals surface area contributed by atoms with E-state index < -0.39 is 11.9 Å². The van der Waals surface area contributed by atoms with E-state index in [1.54, 1.807) is 0 Å². The standard InChI is InChI=1S/C9H14O3/c1-4-5-6-7(2)9(11)12-8(3)10/h2,4-6H2,1,3H3.